The van der Waals surface area contributed by atoms with Crippen LogP contribution in [0, 0.1) is 0 Å². The lowest BCUT2D eigenvalue weighted by molar-refractivity contribution is -0.114. The molecule has 10 nitrogen and oxygen atoms in total. The van der Waals surface area contributed by atoms with Gasteiger partial charge in [-0.15, -0.1) is 0 Å². The number of nitrogens with zero attached hydrogens (tertiary/aromatic N) is 3. The lowest BCUT2D eigenvalue weighted by Crippen LogP contribution is -2.22. The second-order valence-corrected chi connectivity index (χ2v) is 9.55. The number of fused-ring (bicyclic) bond motifs is 3. The number of carboxylic acid groups (broad SMARTS) is 1. The summed E-state index contributed by atoms with van der Waals surface area (Å²) < 4.78 is 32.4. The van der Waals surface area contributed by atoms with E-state index in [9.17, 15) is 23.1 Å². The predicted octanol–water partition coefficient (Wildman–Crippen LogP) is 1.30. The highest BCUT2D eigenvalue weighted by Crippen LogP contribution is 2.45. The molecule has 0 unspecified atom stereocenters. The minimum absolute atomic E-state index is 0.0175. The molecule has 0 atom stereocenters. The molecular formula is C15H16N4O6S2. The zero-order chi connectivity index (χ0) is 19.3. The fourth-order valence-electron chi connectivity index (χ4n) is 3.35. The van der Waals surface area contributed by atoms with Crippen molar-refractivity contribution >= 4 is 38.2 Å². The summed E-state index contributed by atoms with van der Waals surface area (Å²) in [6, 6.07) is -0.111. The molecule has 0 radical (unpaired) electrons. The third kappa shape index (κ3) is 3.03. The number of carbonyl (C=O) groups is 2. The summed E-state index contributed by atoms with van der Waals surface area (Å²) in [5, 5.41) is 16.4. The first-order valence-electron chi connectivity index (χ1n) is 8.22. The van der Waals surface area contributed by atoms with E-state index in [2.05, 4.69) is 15.4 Å². The van der Waals surface area contributed by atoms with Crippen molar-refractivity contribution in [3.05, 3.63) is 11.3 Å². The monoisotopic (exact) mass is 412 g/mol. The molecule has 1 saturated heterocycles. The average Bonchev–Trinajstić information content (AvgIpc) is 3.16. The summed E-state index contributed by atoms with van der Waals surface area (Å²) in [6.07, 6.45) is 1.27. The van der Waals surface area contributed by atoms with Crippen LogP contribution in [0.15, 0.2) is 4.21 Å². The number of hydrogen-bond acceptors (Lipinski definition) is 8. The Morgan fingerprint density at radius 2 is 2.04 bits per heavy atom. The molecule has 0 bridgehead atoms. The number of nitrogens with one attached hydrogen (secondary N) is 1. The molecule has 27 heavy (non-hydrogen) atoms. The van der Waals surface area contributed by atoms with Crippen LogP contribution < -0.4 is 5.32 Å². The van der Waals surface area contributed by atoms with Crippen LogP contribution in [-0.2, 0) is 25.1 Å². The van der Waals surface area contributed by atoms with E-state index in [1.54, 1.807) is 4.68 Å². The van der Waals surface area contributed by atoms with Gasteiger partial charge in [-0.3, -0.25) is 9.48 Å². The van der Waals surface area contributed by atoms with Gasteiger partial charge in [-0.2, -0.15) is 5.10 Å². The highest BCUT2D eigenvalue weighted by molar-refractivity contribution is 7.93. The molecule has 1 amide bonds. The van der Waals surface area contributed by atoms with Crippen LogP contribution >= 0.6 is 11.3 Å². The first kappa shape index (κ1) is 18.1. The minimum Gasteiger partial charge on any atom is -0.476 e. The van der Waals surface area contributed by atoms with Crippen molar-refractivity contribution in [3.63, 3.8) is 0 Å². The van der Waals surface area contributed by atoms with Gasteiger partial charge in [0.2, 0.25) is 5.91 Å². The van der Waals surface area contributed by atoms with Gasteiger partial charge in [-0.05, 0) is 12.8 Å². The van der Waals surface area contributed by atoms with E-state index in [1.807, 2.05) is 0 Å². The van der Waals surface area contributed by atoms with Gasteiger partial charge in [0.15, 0.2) is 24.9 Å². The number of sulfone groups is 1. The molecule has 0 aromatic carbocycles. The quantitative estimate of drug-likeness (QED) is 0.769. The summed E-state index contributed by atoms with van der Waals surface area (Å²) in [7, 11) is -3.78. The number of thiazole rings is 1. The van der Waals surface area contributed by atoms with Crippen molar-refractivity contribution in [3.8, 4) is 11.4 Å². The van der Waals surface area contributed by atoms with Crippen molar-refractivity contribution < 1.29 is 27.9 Å². The third-order valence-electron chi connectivity index (χ3n) is 4.47. The van der Waals surface area contributed by atoms with E-state index < -0.39 is 21.6 Å². The molecule has 2 aliphatic rings. The summed E-state index contributed by atoms with van der Waals surface area (Å²) in [4.78, 5) is 27.3. The van der Waals surface area contributed by atoms with E-state index in [0.29, 0.717) is 31.7 Å². The highest BCUT2D eigenvalue weighted by Gasteiger charge is 2.40. The summed E-state index contributed by atoms with van der Waals surface area (Å²) in [5.41, 5.74) is 0.412. The Hall–Kier alpha value is -2.31. The van der Waals surface area contributed by atoms with Crippen LogP contribution in [0.3, 0.4) is 0 Å². The Balaban J connectivity index is 1.94. The number of hydrogen-bond donors (Lipinski definition) is 2. The maximum atomic E-state index is 12.7. The second-order valence-electron chi connectivity index (χ2n) is 6.36. The number of ether oxygens (including phenoxy) is 1. The van der Waals surface area contributed by atoms with Gasteiger partial charge in [0, 0.05) is 25.7 Å². The van der Waals surface area contributed by atoms with E-state index in [-0.39, 0.29) is 38.2 Å². The van der Waals surface area contributed by atoms with Crippen molar-refractivity contribution in [2.24, 2.45) is 0 Å². The zero-order valence-electron chi connectivity index (χ0n) is 14.3. The molecule has 1 fully saturated rings. The maximum absolute atomic E-state index is 12.7. The van der Waals surface area contributed by atoms with Gasteiger partial charge in [0.1, 0.15) is 5.69 Å². The fourth-order valence-corrected chi connectivity index (χ4v) is 6.24. The molecule has 2 N–H and O–H groups in total. The smallest absolute Gasteiger partial charge is 0.356 e. The predicted molar refractivity (Wildman–Crippen MR) is 94.6 cm³/mol. The highest BCUT2D eigenvalue weighted by atomic mass is 32.2. The SMILES string of the molecule is CC(=O)Nc1nc2c(s1)S(=O)(=O)Cc1c(C(=O)O)nn(C3CCOCC3)c1-2. The Kier molecular flexibility index (Phi) is 4.28. The number of aromatic nitrogens is 3. The third-order valence-corrected chi connectivity index (χ3v) is 7.67. The van der Waals surface area contributed by atoms with E-state index >= 15 is 0 Å². The number of carboxylic acids is 1. The molecule has 2 aliphatic heterocycles. The molecule has 4 heterocycles. The normalized spacial score (nSPS) is 18.6. The van der Waals surface area contributed by atoms with Gasteiger partial charge in [0.25, 0.3) is 0 Å². The lowest BCUT2D eigenvalue weighted by Gasteiger charge is -2.25. The molecular weight excluding hydrogens is 396 g/mol. The van der Waals surface area contributed by atoms with Gasteiger partial charge in [-0.1, -0.05) is 11.3 Å². The van der Waals surface area contributed by atoms with Crippen molar-refractivity contribution in [2.75, 3.05) is 18.5 Å². The minimum atomic E-state index is -3.78. The van der Waals surface area contributed by atoms with Crippen LogP contribution in [0.4, 0.5) is 5.13 Å². The Bertz CT molecular complexity index is 1050. The molecule has 4 rings (SSSR count). The molecule has 144 valence electrons. The standard InChI is InChI=1S/C15H16N4O6S2/c1-7(20)16-15-17-11-12-9(6-27(23,24)14(11)26-15)10(13(21)22)18-19(12)8-2-4-25-5-3-8/h8H,2-6H2,1H3,(H,21,22)(H,16,17,20). The Labute approximate surface area is 158 Å². The Morgan fingerprint density at radius 1 is 1.33 bits per heavy atom. The zero-order valence-corrected chi connectivity index (χ0v) is 15.9. The topological polar surface area (TPSA) is 140 Å². The van der Waals surface area contributed by atoms with Crippen LogP contribution in [-0.4, -0.2) is 53.4 Å². The van der Waals surface area contributed by atoms with Gasteiger partial charge < -0.3 is 15.2 Å². The molecule has 0 spiro atoms. The van der Waals surface area contributed by atoms with E-state index in [4.69, 9.17) is 4.74 Å². The fraction of sp³-hybridized carbons (Fsp3) is 0.467. The first-order chi connectivity index (χ1) is 12.8. The largest absolute Gasteiger partial charge is 0.476 e. The van der Waals surface area contributed by atoms with Crippen molar-refractivity contribution in [1.82, 2.24) is 14.8 Å². The number of aromatic carboxylic acids is 1. The average molecular weight is 412 g/mol. The summed E-state index contributed by atoms with van der Waals surface area (Å²) in [5.74, 6) is -2.11. The van der Waals surface area contributed by atoms with Crippen LogP contribution in [0.1, 0.15) is 41.9 Å². The van der Waals surface area contributed by atoms with E-state index in [1.165, 1.54) is 6.92 Å². The first-order valence-corrected chi connectivity index (χ1v) is 10.7. The van der Waals surface area contributed by atoms with Gasteiger partial charge >= 0.3 is 5.97 Å². The van der Waals surface area contributed by atoms with Crippen LogP contribution in [0.2, 0.25) is 0 Å². The molecule has 12 heteroatoms. The van der Waals surface area contributed by atoms with Crippen molar-refractivity contribution in [1.29, 1.82) is 0 Å². The molecule has 0 saturated carbocycles. The molecule has 2 aromatic heterocycles. The van der Waals surface area contributed by atoms with E-state index in [0.717, 1.165) is 11.3 Å². The van der Waals surface area contributed by atoms with Gasteiger partial charge in [-0.25, -0.2) is 18.2 Å². The Morgan fingerprint density at radius 3 is 2.67 bits per heavy atom. The number of rotatable bonds is 3. The molecule has 2 aromatic rings. The maximum Gasteiger partial charge on any atom is 0.356 e. The van der Waals surface area contributed by atoms with Gasteiger partial charge in [0.05, 0.1) is 17.5 Å². The summed E-state index contributed by atoms with van der Waals surface area (Å²) in [6.45, 7) is 2.33. The molecule has 0 aliphatic carbocycles. The second kappa shape index (κ2) is 6.39. The van der Waals surface area contributed by atoms with Crippen LogP contribution in [0.25, 0.3) is 11.4 Å². The lowest BCUT2D eigenvalue weighted by atomic mass is 10.1. The van der Waals surface area contributed by atoms with Crippen molar-refractivity contribution in [2.45, 2.75) is 35.8 Å². The number of carbonyl (C=O) groups excluding carboxylic acids is 1. The summed E-state index contributed by atoms with van der Waals surface area (Å²) >= 11 is 0.863. The number of anilines is 1. The van der Waals surface area contributed by atoms with Crippen LogP contribution in [0.5, 0.6) is 0 Å². The number of amides is 1.